The molecule has 4 nitrogen and oxygen atoms in total. The maximum absolute atomic E-state index is 6.54. The number of thioether (sulfide) groups is 2. The van der Waals surface area contributed by atoms with Gasteiger partial charge in [0.15, 0.2) is 0 Å². The van der Waals surface area contributed by atoms with Gasteiger partial charge in [0.1, 0.15) is 23.0 Å². The van der Waals surface area contributed by atoms with Gasteiger partial charge in [-0.3, -0.25) is 9.98 Å². The number of aliphatic imine (C=N–C) groups is 2. The second kappa shape index (κ2) is 10.2. The van der Waals surface area contributed by atoms with Gasteiger partial charge in [0, 0.05) is 41.2 Å². The van der Waals surface area contributed by atoms with Crippen LogP contribution in [0.3, 0.4) is 0 Å². The van der Waals surface area contributed by atoms with Gasteiger partial charge in [-0.2, -0.15) is 0 Å². The van der Waals surface area contributed by atoms with Crippen LogP contribution in [0.25, 0.3) is 22.3 Å². The lowest BCUT2D eigenvalue weighted by Gasteiger charge is -2.33. The normalized spacial score (nSPS) is 16.0. The molecule has 43 heavy (non-hydrogen) atoms. The van der Waals surface area contributed by atoms with Crippen LogP contribution in [-0.4, -0.2) is 41.4 Å². The number of hydrogen-bond donors (Lipinski definition) is 0. The lowest BCUT2D eigenvalue weighted by Crippen LogP contribution is -2.57. The zero-order chi connectivity index (χ0) is 28.3. The van der Waals surface area contributed by atoms with Crippen LogP contribution in [0.1, 0.15) is 11.1 Å². The molecular weight excluding hydrogens is 567 g/mol. The van der Waals surface area contributed by atoms with Crippen molar-refractivity contribution in [1.82, 2.24) is 0 Å². The number of nitrogens with zero attached hydrogens (tertiary/aromatic N) is 2. The fraction of sp³-hybridized carbons (Fsp3) is 0.111. The zero-order valence-electron chi connectivity index (χ0n) is 23.2. The second-order valence-corrected chi connectivity index (χ2v) is 13.2. The molecular formula is C36H25BN2O2S2. The monoisotopic (exact) mass is 592 g/mol. The molecule has 0 saturated heterocycles. The van der Waals surface area contributed by atoms with Crippen molar-refractivity contribution in [1.29, 1.82) is 0 Å². The van der Waals surface area contributed by atoms with E-state index >= 15 is 0 Å². The Morgan fingerprint density at radius 1 is 0.488 bits per heavy atom. The molecule has 5 aromatic carbocycles. The topological polar surface area (TPSA) is 43.2 Å². The lowest BCUT2D eigenvalue weighted by molar-refractivity contribution is 0.464. The number of hydrogen-bond acceptors (Lipinski definition) is 6. The van der Waals surface area contributed by atoms with Crippen LogP contribution in [0.5, 0.6) is 23.0 Å². The van der Waals surface area contributed by atoms with Crippen LogP contribution in [0, 0.1) is 0 Å². The minimum Gasteiger partial charge on any atom is -0.458 e. The van der Waals surface area contributed by atoms with Crippen LogP contribution < -0.4 is 25.9 Å². The molecule has 0 aromatic heterocycles. The summed E-state index contributed by atoms with van der Waals surface area (Å²) in [5.74, 6) is 5.65. The summed E-state index contributed by atoms with van der Waals surface area (Å²) >= 11 is 3.66. The Labute approximate surface area is 259 Å². The minimum absolute atomic E-state index is 0.0429. The molecule has 0 aliphatic carbocycles. The average Bonchev–Trinajstić information content (AvgIpc) is 3.80. The first-order valence-electron chi connectivity index (χ1n) is 14.6. The number of benzene rings is 5. The fourth-order valence-corrected chi connectivity index (χ4v) is 8.14. The first-order valence-corrected chi connectivity index (χ1v) is 16.6. The summed E-state index contributed by atoms with van der Waals surface area (Å²) in [6, 6.07) is 36.8. The number of ether oxygens (including phenoxy) is 2. The van der Waals surface area contributed by atoms with E-state index in [1.54, 1.807) is 0 Å². The molecule has 4 heterocycles. The van der Waals surface area contributed by atoms with Crippen LogP contribution in [-0.2, 0) is 0 Å². The largest absolute Gasteiger partial charge is 0.458 e. The molecule has 206 valence electrons. The van der Waals surface area contributed by atoms with Gasteiger partial charge in [0.05, 0.1) is 10.1 Å². The highest BCUT2D eigenvalue weighted by Crippen LogP contribution is 2.37. The molecule has 0 spiro atoms. The van der Waals surface area contributed by atoms with E-state index in [4.69, 9.17) is 9.47 Å². The highest BCUT2D eigenvalue weighted by molar-refractivity contribution is 8.15. The van der Waals surface area contributed by atoms with Crippen molar-refractivity contribution >= 4 is 56.7 Å². The van der Waals surface area contributed by atoms with Crippen molar-refractivity contribution in [3.05, 3.63) is 114 Å². The summed E-state index contributed by atoms with van der Waals surface area (Å²) in [5, 5.41) is 2.29. The summed E-state index contributed by atoms with van der Waals surface area (Å²) in [6.45, 7) is 1.86. The van der Waals surface area contributed by atoms with Crippen molar-refractivity contribution in [2.45, 2.75) is 0 Å². The Balaban J connectivity index is 1.08. The number of rotatable bonds is 4. The van der Waals surface area contributed by atoms with Crippen molar-refractivity contribution in [2.75, 3.05) is 24.6 Å². The molecule has 0 amide bonds. The minimum atomic E-state index is 0.0429. The molecule has 0 bridgehead atoms. The van der Waals surface area contributed by atoms with Crippen LogP contribution in [0.4, 0.5) is 0 Å². The maximum Gasteiger partial charge on any atom is 0.260 e. The molecule has 4 aliphatic rings. The zero-order valence-corrected chi connectivity index (χ0v) is 24.9. The predicted molar refractivity (Wildman–Crippen MR) is 183 cm³/mol. The predicted octanol–water partition coefficient (Wildman–Crippen LogP) is 6.74. The van der Waals surface area contributed by atoms with Gasteiger partial charge in [-0.05, 0) is 57.4 Å². The van der Waals surface area contributed by atoms with Crippen molar-refractivity contribution in [2.24, 2.45) is 9.98 Å². The van der Waals surface area contributed by atoms with Gasteiger partial charge >= 0.3 is 0 Å². The SMILES string of the molecule is c1cc2c3c(c1)Oc1cc(-c4ccc(C5=NCCS5)cc4)ccc1B3c1ccc(-c3ccc(C4=NCCS4)cc3)cc1O2. The second-order valence-electron chi connectivity index (χ2n) is 11.0. The number of fused-ring (bicyclic) bond motifs is 4. The third-order valence-electron chi connectivity index (χ3n) is 8.51. The molecule has 7 heteroatoms. The highest BCUT2D eigenvalue weighted by Gasteiger charge is 2.40. The van der Waals surface area contributed by atoms with Gasteiger partial charge in [-0.1, -0.05) is 78.9 Å². The summed E-state index contributed by atoms with van der Waals surface area (Å²) in [7, 11) is 0. The van der Waals surface area contributed by atoms with E-state index in [2.05, 4.69) is 94.9 Å². The quantitative estimate of drug-likeness (QED) is 0.213. The van der Waals surface area contributed by atoms with Gasteiger partial charge in [0.2, 0.25) is 0 Å². The average molecular weight is 593 g/mol. The molecule has 0 radical (unpaired) electrons. The summed E-state index contributed by atoms with van der Waals surface area (Å²) in [5.41, 5.74) is 10.4. The van der Waals surface area contributed by atoms with Crippen molar-refractivity contribution < 1.29 is 9.47 Å². The van der Waals surface area contributed by atoms with E-state index in [9.17, 15) is 0 Å². The lowest BCUT2D eigenvalue weighted by atomic mass is 9.35. The molecule has 4 aliphatic heterocycles. The Bertz CT molecular complexity index is 1850. The molecule has 0 saturated carbocycles. The molecule has 5 aromatic rings. The molecule has 0 unspecified atom stereocenters. The van der Waals surface area contributed by atoms with E-state index in [1.165, 1.54) is 22.3 Å². The van der Waals surface area contributed by atoms with Crippen LogP contribution in [0.15, 0.2) is 113 Å². The third kappa shape index (κ3) is 4.33. The van der Waals surface area contributed by atoms with E-state index in [1.807, 2.05) is 41.7 Å². The summed E-state index contributed by atoms with van der Waals surface area (Å²) in [4.78, 5) is 9.24. The smallest absolute Gasteiger partial charge is 0.260 e. The highest BCUT2D eigenvalue weighted by atomic mass is 32.2. The maximum atomic E-state index is 6.54. The molecule has 0 fully saturated rings. The Morgan fingerprint density at radius 3 is 1.37 bits per heavy atom. The standard InChI is InChI=1S/C36H25BN2O2S2/c1-2-30-34-31(3-1)41-33-21-27(23-6-10-25(11-7-23)36-39-17-19-43-36)13-15-29(33)37(34)28-14-12-26(20-32(28)40-30)22-4-8-24(9-5-22)35-38-16-18-42-35/h1-15,20-21H,16-19H2. The van der Waals surface area contributed by atoms with Crippen molar-refractivity contribution in [3.8, 4) is 45.3 Å². The van der Waals surface area contributed by atoms with Crippen LogP contribution >= 0.6 is 23.5 Å². The van der Waals surface area contributed by atoms with Crippen molar-refractivity contribution in [3.63, 3.8) is 0 Å². The van der Waals surface area contributed by atoms with E-state index in [0.29, 0.717) is 0 Å². The Kier molecular flexibility index (Phi) is 6.01. The summed E-state index contributed by atoms with van der Waals surface area (Å²) in [6.07, 6.45) is 0. The van der Waals surface area contributed by atoms with E-state index < -0.39 is 0 Å². The first kappa shape index (κ1) is 25.3. The van der Waals surface area contributed by atoms with Gasteiger partial charge in [0.25, 0.3) is 6.71 Å². The third-order valence-corrected chi connectivity index (χ3v) is 10.6. The molecule has 9 rings (SSSR count). The molecule has 0 atom stereocenters. The van der Waals surface area contributed by atoms with E-state index in [-0.39, 0.29) is 6.71 Å². The Morgan fingerprint density at radius 2 is 0.930 bits per heavy atom. The fourth-order valence-electron chi connectivity index (χ4n) is 6.41. The van der Waals surface area contributed by atoms with Gasteiger partial charge in [-0.25, -0.2) is 0 Å². The molecule has 0 N–H and O–H groups in total. The van der Waals surface area contributed by atoms with Gasteiger partial charge in [-0.15, -0.1) is 23.5 Å². The Hall–Kier alpha value is -4.20. The van der Waals surface area contributed by atoms with E-state index in [0.717, 1.165) is 85.2 Å². The van der Waals surface area contributed by atoms with Crippen LogP contribution in [0.2, 0.25) is 0 Å². The summed E-state index contributed by atoms with van der Waals surface area (Å²) < 4.78 is 13.1. The first-order chi connectivity index (χ1) is 21.3. The van der Waals surface area contributed by atoms with Gasteiger partial charge < -0.3 is 9.47 Å².